The van der Waals surface area contributed by atoms with Gasteiger partial charge < -0.3 is 26.2 Å². The number of anilines is 1. The quantitative estimate of drug-likeness (QED) is 0.255. The molecule has 0 spiro atoms. The van der Waals surface area contributed by atoms with Gasteiger partial charge in [-0.05, 0) is 99.2 Å². The van der Waals surface area contributed by atoms with Crippen LogP contribution in [0.1, 0.15) is 72.9 Å². The van der Waals surface area contributed by atoms with Gasteiger partial charge in [0.25, 0.3) is 5.91 Å². The third-order valence-electron chi connectivity index (χ3n) is 8.00. The molecular weight excluding hydrogens is 605 g/mol. The van der Waals surface area contributed by atoms with Crippen LogP contribution >= 0.6 is 23.2 Å². The number of hydrogen-bond donors (Lipinski definition) is 4. The molecule has 45 heavy (non-hydrogen) atoms. The molecule has 2 aliphatic carbocycles. The van der Waals surface area contributed by atoms with E-state index in [-0.39, 0.29) is 18.0 Å². The SMILES string of the molecule is CN(C)c1ccc(C(=O)N[C@H]2CCC[C@@](O)(C#Cc3cccc(Cl)c3)C2)cc1.N[C@H]1CCC[C@@](O)(C#Cc2cccc(Cl)c2)C1. The molecule has 0 bridgehead atoms. The van der Waals surface area contributed by atoms with Gasteiger partial charge in [0.05, 0.1) is 0 Å². The van der Waals surface area contributed by atoms with E-state index >= 15 is 0 Å². The molecule has 2 aliphatic rings. The first-order valence-corrected chi connectivity index (χ1v) is 16.0. The molecule has 0 radical (unpaired) electrons. The first-order chi connectivity index (χ1) is 21.4. The smallest absolute Gasteiger partial charge is 0.251 e. The molecule has 0 unspecified atom stereocenters. The number of benzene rings is 3. The number of rotatable bonds is 3. The fourth-order valence-electron chi connectivity index (χ4n) is 5.59. The van der Waals surface area contributed by atoms with Crippen molar-refractivity contribution < 1.29 is 15.0 Å². The normalized spacial score (nSPS) is 24.0. The van der Waals surface area contributed by atoms with Crippen molar-refractivity contribution in [2.45, 2.75) is 74.7 Å². The Balaban J connectivity index is 0.000000231. The van der Waals surface area contributed by atoms with E-state index < -0.39 is 11.2 Å². The fourth-order valence-corrected chi connectivity index (χ4v) is 5.97. The van der Waals surface area contributed by atoms with E-state index in [1.54, 1.807) is 24.3 Å². The summed E-state index contributed by atoms with van der Waals surface area (Å²) in [5.74, 6) is 11.8. The van der Waals surface area contributed by atoms with Crippen LogP contribution in [0.5, 0.6) is 0 Å². The third kappa shape index (κ3) is 10.8. The van der Waals surface area contributed by atoms with Crippen LogP contribution in [0.3, 0.4) is 0 Å². The topological polar surface area (TPSA) is 98.8 Å². The number of carbonyl (C=O) groups is 1. The zero-order valence-electron chi connectivity index (χ0n) is 25.8. The van der Waals surface area contributed by atoms with Gasteiger partial charge in [0.2, 0.25) is 0 Å². The van der Waals surface area contributed by atoms with E-state index in [1.165, 1.54) is 0 Å². The van der Waals surface area contributed by atoms with Gasteiger partial charge in [0, 0.05) is 71.4 Å². The predicted molar refractivity (Wildman–Crippen MR) is 183 cm³/mol. The summed E-state index contributed by atoms with van der Waals surface area (Å²) in [6, 6.07) is 22.0. The van der Waals surface area contributed by atoms with Gasteiger partial charge in [-0.25, -0.2) is 0 Å². The molecule has 6 nitrogen and oxygen atoms in total. The highest BCUT2D eigenvalue weighted by molar-refractivity contribution is 6.31. The second kappa shape index (κ2) is 15.7. The average Bonchev–Trinajstić information content (AvgIpc) is 3.00. The van der Waals surface area contributed by atoms with Gasteiger partial charge >= 0.3 is 0 Å². The minimum Gasteiger partial charge on any atom is -0.378 e. The number of hydrogen-bond acceptors (Lipinski definition) is 5. The molecule has 0 saturated heterocycles. The largest absolute Gasteiger partial charge is 0.378 e. The van der Waals surface area contributed by atoms with Crippen LogP contribution in [0.4, 0.5) is 5.69 Å². The minimum absolute atomic E-state index is 0.0578. The van der Waals surface area contributed by atoms with Gasteiger partial charge in [0.1, 0.15) is 11.2 Å². The summed E-state index contributed by atoms with van der Waals surface area (Å²) in [6.45, 7) is 0. The van der Waals surface area contributed by atoms with Crippen molar-refractivity contribution in [1.82, 2.24) is 5.32 Å². The van der Waals surface area contributed by atoms with Crippen LogP contribution in [0.25, 0.3) is 0 Å². The highest BCUT2D eigenvalue weighted by Crippen LogP contribution is 2.29. The molecule has 3 aromatic rings. The van der Waals surface area contributed by atoms with Crippen LogP contribution in [0, 0.1) is 23.7 Å². The molecule has 0 aromatic heterocycles. The molecule has 1 amide bonds. The summed E-state index contributed by atoms with van der Waals surface area (Å²) in [4.78, 5) is 14.6. The van der Waals surface area contributed by atoms with E-state index in [2.05, 4.69) is 29.0 Å². The fraction of sp³-hybridized carbons (Fsp3) is 0.378. The lowest BCUT2D eigenvalue weighted by molar-refractivity contribution is 0.0452. The summed E-state index contributed by atoms with van der Waals surface area (Å²) >= 11 is 11.9. The van der Waals surface area contributed by atoms with E-state index in [1.807, 2.05) is 67.5 Å². The Bertz CT molecular complexity index is 1590. The molecule has 236 valence electrons. The Morgan fingerprint density at radius 3 is 1.89 bits per heavy atom. The number of amides is 1. The maximum Gasteiger partial charge on any atom is 0.251 e. The van der Waals surface area contributed by atoms with Gasteiger partial charge in [-0.1, -0.05) is 59.0 Å². The maximum atomic E-state index is 12.6. The van der Waals surface area contributed by atoms with Gasteiger partial charge in [-0.15, -0.1) is 0 Å². The lowest BCUT2D eigenvalue weighted by Crippen LogP contribution is -2.45. The number of halogens is 2. The maximum absolute atomic E-state index is 12.6. The molecule has 3 aromatic carbocycles. The first kappa shape index (κ1) is 34.4. The van der Waals surface area contributed by atoms with Crippen LogP contribution in [0.2, 0.25) is 10.0 Å². The van der Waals surface area contributed by atoms with Gasteiger partial charge in [0.15, 0.2) is 0 Å². The van der Waals surface area contributed by atoms with E-state index in [0.717, 1.165) is 42.5 Å². The second-order valence-electron chi connectivity index (χ2n) is 12.1. The van der Waals surface area contributed by atoms with E-state index in [4.69, 9.17) is 28.9 Å². The number of nitrogens with one attached hydrogen (secondary N) is 1. The Morgan fingerprint density at radius 2 is 1.38 bits per heavy atom. The molecule has 8 heteroatoms. The van der Waals surface area contributed by atoms with Crippen LogP contribution in [-0.4, -0.2) is 53.5 Å². The molecular formula is C37H41Cl2N3O3. The molecule has 0 heterocycles. The van der Waals surface area contributed by atoms with Crippen molar-refractivity contribution in [2.24, 2.45) is 5.73 Å². The zero-order chi connectivity index (χ0) is 32.5. The highest BCUT2D eigenvalue weighted by atomic mass is 35.5. The van der Waals surface area contributed by atoms with Crippen molar-refractivity contribution in [3.05, 3.63) is 99.5 Å². The van der Waals surface area contributed by atoms with Crippen molar-refractivity contribution in [2.75, 3.05) is 19.0 Å². The Hall–Kier alpha value is -3.49. The lowest BCUT2D eigenvalue weighted by Gasteiger charge is -2.33. The molecule has 5 rings (SSSR count). The second-order valence-corrected chi connectivity index (χ2v) is 13.0. The lowest BCUT2D eigenvalue weighted by atomic mass is 9.82. The van der Waals surface area contributed by atoms with Crippen LogP contribution in [0.15, 0.2) is 72.8 Å². The molecule has 4 atom stereocenters. The van der Waals surface area contributed by atoms with Gasteiger partial charge in [-0.3, -0.25) is 4.79 Å². The monoisotopic (exact) mass is 645 g/mol. The highest BCUT2D eigenvalue weighted by Gasteiger charge is 2.34. The van der Waals surface area contributed by atoms with Crippen molar-refractivity contribution in [3.63, 3.8) is 0 Å². The van der Waals surface area contributed by atoms with Crippen molar-refractivity contribution in [1.29, 1.82) is 0 Å². The molecule has 2 fully saturated rings. The van der Waals surface area contributed by atoms with Crippen LogP contribution in [-0.2, 0) is 0 Å². The van der Waals surface area contributed by atoms with E-state index in [0.29, 0.717) is 41.3 Å². The van der Waals surface area contributed by atoms with Gasteiger partial charge in [-0.2, -0.15) is 0 Å². The summed E-state index contributed by atoms with van der Waals surface area (Å²) in [5, 5.41) is 25.5. The predicted octanol–water partition coefficient (Wildman–Crippen LogP) is 6.19. The molecule has 0 aliphatic heterocycles. The number of nitrogens with zero attached hydrogens (tertiary/aromatic N) is 1. The minimum atomic E-state index is -1.10. The van der Waals surface area contributed by atoms with Crippen LogP contribution < -0.4 is 16.0 Å². The number of nitrogens with two attached hydrogens (primary N) is 1. The third-order valence-corrected chi connectivity index (χ3v) is 8.47. The molecule has 2 saturated carbocycles. The number of aliphatic hydroxyl groups is 2. The summed E-state index contributed by atoms with van der Waals surface area (Å²) in [5.41, 5.74) is 7.07. The Morgan fingerprint density at radius 1 is 0.844 bits per heavy atom. The average molecular weight is 647 g/mol. The molecule has 5 N–H and O–H groups in total. The Labute approximate surface area is 276 Å². The van der Waals surface area contributed by atoms with Crippen molar-refractivity contribution >= 4 is 34.8 Å². The van der Waals surface area contributed by atoms with Crippen molar-refractivity contribution in [3.8, 4) is 23.7 Å². The summed E-state index contributed by atoms with van der Waals surface area (Å²) in [6.07, 6.45) is 5.83. The standard InChI is InChI=1S/C23H25ClN2O2.C14H16ClNO/c1-26(2)21-10-8-18(9-11-21)22(27)25-20-7-4-13-23(28,16-20)14-12-17-5-3-6-19(24)15-17;15-12-4-1-3-11(9-12)6-8-14(17)7-2-5-13(16)10-14/h3,5-6,8-11,15,20,28H,4,7,13,16H2,1-2H3,(H,25,27);1,3-4,9,13,17H,2,5,7,10,16H2/t20-,23+;13-,14+/m00/s1. The van der Waals surface area contributed by atoms with E-state index in [9.17, 15) is 15.0 Å². The summed E-state index contributed by atoms with van der Waals surface area (Å²) in [7, 11) is 3.92. The Kier molecular flexibility index (Phi) is 12.0. The zero-order valence-corrected chi connectivity index (χ0v) is 27.3. The number of carbonyl (C=O) groups excluding carboxylic acids is 1. The summed E-state index contributed by atoms with van der Waals surface area (Å²) < 4.78 is 0. The first-order valence-electron chi connectivity index (χ1n) is 15.3.